The van der Waals surface area contributed by atoms with Gasteiger partial charge < -0.3 is 30.2 Å². The lowest BCUT2D eigenvalue weighted by Crippen LogP contribution is -2.46. The summed E-state index contributed by atoms with van der Waals surface area (Å²) < 4.78 is 17.2. The number of carbonyl (C=O) groups is 2. The summed E-state index contributed by atoms with van der Waals surface area (Å²) in [6.07, 6.45) is 2.20. The average molecular weight is 520 g/mol. The summed E-state index contributed by atoms with van der Waals surface area (Å²) in [4.78, 5) is 26.3. The Hall–Kier alpha value is -2.16. The number of hydrogen-bond donors (Lipinski definition) is 3. The van der Waals surface area contributed by atoms with Crippen LogP contribution < -0.4 is 5.73 Å². The van der Waals surface area contributed by atoms with E-state index >= 15 is 0 Å². The number of ether oxygens (including phenoxy) is 3. The minimum Gasteiger partial charge on any atom is -0.468 e. The summed E-state index contributed by atoms with van der Waals surface area (Å²) in [5, 5.41) is 21.9. The number of cyclic esters (lactones) is 1. The molecule has 3 aliphatic rings. The first-order chi connectivity index (χ1) is 17.1. The highest BCUT2D eigenvalue weighted by molar-refractivity contribution is 5.88. The molecule has 208 valence electrons. The number of ketones is 1. The van der Waals surface area contributed by atoms with Gasteiger partial charge in [0.05, 0.1) is 47.2 Å². The number of allylic oxidation sites excluding steroid dienone is 2. The smallest absolute Gasteiger partial charge is 0.309 e. The topological polar surface area (TPSA) is 132 Å². The van der Waals surface area contributed by atoms with Gasteiger partial charge in [-0.05, 0) is 63.0 Å². The molecule has 2 heterocycles. The van der Waals surface area contributed by atoms with Gasteiger partial charge in [-0.3, -0.25) is 9.59 Å². The molecule has 0 amide bonds. The molecule has 37 heavy (non-hydrogen) atoms. The monoisotopic (exact) mass is 519 g/mol. The molecule has 0 aromatic heterocycles. The number of rotatable bonds is 4. The van der Waals surface area contributed by atoms with E-state index in [1.165, 1.54) is 6.26 Å². The first-order valence-corrected chi connectivity index (χ1v) is 13.3. The number of nitrogens with two attached hydrogens (primary N) is 1. The van der Waals surface area contributed by atoms with Crippen molar-refractivity contribution >= 4 is 11.8 Å². The molecule has 1 aliphatic carbocycles. The number of carbonyl (C=O) groups excluding carboxylic acids is 2. The van der Waals surface area contributed by atoms with Crippen molar-refractivity contribution in [2.75, 3.05) is 0 Å². The summed E-state index contributed by atoms with van der Waals surface area (Å²) in [5.74, 6) is -0.385. The maximum atomic E-state index is 13.3. The zero-order chi connectivity index (χ0) is 27.9. The van der Waals surface area contributed by atoms with Crippen molar-refractivity contribution in [3.8, 4) is 0 Å². The van der Waals surface area contributed by atoms with Crippen LogP contribution in [0.5, 0.6) is 0 Å². The van der Waals surface area contributed by atoms with Crippen LogP contribution in [0, 0.1) is 29.1 Å². The van der Waals surface area contributed by atoms with Crippen LogP contribution in [0.1, 0.15) is 74.1 Å². The van der Waals surface area contributed by atoms with Crippen molar-refractivity contribution in [3.05, 3.63) is 35.9 Å². The van der Waals surface area contributed by atoms with Gasteiger partial charge in [0, 0.05) is 12.3 Å². The van der Waals surface area contributed by atoms with E-state index in [1.807, 2.05) is 13.8 Å². The number of aliphatic hydroxyl groups excluding tert-OH is 2. The number of epoxide rings is 1. The van der Waals surface area contributed by atoms with E-state index in [1.54, 1.807) is 33.8 Å². The minimum absolute atomic E-state index is 0.0512. The first-order valence-electron chi connectivity index (χ1n) is 13.3. The Kier molecular flexibility index (Phi) is 8.67. The van der Waals surface area contributed by atoms with Crippen molar-refractivity contribution < 1.29 is 34.0 Å². The van der Waals surface area contributed by atoms with Crippen LogP contribution in [0.3, 0.4) is 0 Å². The summed E-state index contributed by atoms with van der Waals surface area (Å²) in [5.41, 5.74) is 5.55. The van der Waals surface area contributed by atoms with E-state index in [-0.39, 0.29) is 29.8 Å². The second kappa shape index (κ2) is 10.9. The van der Waals surface area contributed by atoms with E-state index in [4.69, 9.17) is 19.9 Å². The predicted molar refractivity (Wildman–Crippen MR) is 140 cm³/mol. The van der Waals surface area contributed by atoms with Crippen molar-refractivity contribution in [2.24, 2.45) is 34.8 Å². The van der Waals surface area contributed by atoms with Crippen LogP contribution in [0.25, 0.3) is 0 Å². The third kappa shape index (κ3) is 6.84. The fraction of sp³-hybridized carbons (Fsp3) is 0.724. The maximum absolute atomic E-state index is 13.3. The Morgan fingerprint density at radius 2 is 1.81 bits per heavy atom. The molecule has 0 aromatic rings. The van der Waals surface area contributed by atoms with Crippen molar-refractivity contribution in [2.45, 2.75) is 104 Å². The second-order valence-electron chi connectivity index (χ2n) is 12.3. The molecule has 2 saturated heterocycles. The predicted octanol–water partition coefficient (Wildman–Crippen LogP) is 3.76. The van der Waals surface area contributed by atoms with Crippen LogP contribution in [-0.2, 0) is 23.8 Å². The lowest BCUT2D eigenvalue weighted by molar-refractivity contribution is -0.154. The molecule has 2 aliphatic heterocycles. The molecule has 8 nitrogen and oxygen atoms in total. The molecule has 8 heteroatoms. The van der Waals surface area contributed by atoms with Crippen LogP contribution >= 0.6 is 0 Å². The lowest BCUT2D eigenvalue weighted by Gasteiger charge is -2.34. The van der Waals surface area contributed by atoms with Gasteiger partial charge in [-0.1, -0.05) is 34.3 Å². The highest BCUT2D eigenvalue weighted by Crippen LogP contribution is 2.56. The molecule has 5 unspecified atom stereocenters. The normalized spacial score (nSPS) is 41.2. The SMILES string of the molecule is C=C(C)O/C=C(N)/C=C(\C)[C@@H]1CC2OC2(C)CC2CC2[C@H](C)[C@H](O)C(C)C(=O)C(C)(C)[C@@H](O)CC(=O)O1. The number of Topliss-reactive ketones (excluding diaryl/α,β-unsaturated/α-hetero) is 1. The van der Waals surface area contributed by atoms with Gasteiger partial charge in [-0.15, -0.1) is 0 Å². The third-order valence-electron chi connectivity index (χ3n) is 8.65. The van der Waals surface area contributed by atoms with Crippen LogP contribution in [0.15, 0.2) is 35.9 Å². The van der Waals surface area contributed by atoms with Crippen molar-refractivity contribution in [1.82, 2.24) is 0 Å². The molecule has 0 radical (unpaired) electrons. The van der Waals surface area contributed by atoms with Crippen LogP contribution in [0.4, 0.5) is 0 Å². The Labute approximate surface area is 220 Å². The summed E-state index contributed by atoms with van der Waals surface area (Å²) in [6, 6.07) is 0. The lowest BCUT2D eigenvalue weighted by atomic mass is 9.72. The zero-order valence-corrected chi connectivity index (χ0v) is 23.3. The second-order valence-corrected chi connectivity index (χ2v) is 12.3. The highest BCUT2D eigenvalue weighted by Gasteiger charge is 2.58. The Balaban J connectivity index is 1.87. The van der Waals surface area contributed by atoms with Crippen LogP contribution in [-0.4, -0.2) is 52.0 Å². The van der Waals surface area contributed by atoms with E-state index in [0.717, 1.165) is 12.8 Å². The molecule has 1 saturated carbocycles. The van der Waals surface area contributed by atoms with Gasteiger partial charge in [0.2, 0.25) is 0 Å². The van der Waals surface area contributed by atoms with Gasteiger partial charge >= 0.3 is 5.97 Å². The van der Waals surface area contributed by atoms with E-state index in [0.29, 0.717) is 35.3 Å². The largest absolute Gasteiger partial charge is 0.468 e. The summed E-state index contributed by atoms with van der Waals surface area (Å²) in [6.45, 7) is 16.2. The standard InChI is InChI=1S/C29H45NO7/c1-15(2)35-14-20(30)9-16(3)22-11-24-29(8,37-24)13-19-10-21(19)17(4)26(33)18(5)27(34)28(6,7)23(31)12-25(32)36-22/h9,14,17-19,21-24,26,31,33H,1,10-13,30H2,2-8H3/b16-9+,20-14-/t17-,18?,19?,21?,22-,23-,24?,26-,29?/m0/s1. The molecular formula is C29H45NO7. The van der Waals surface area contributed by atoms with Gasteiger partial charge in [0.1, 0.15) is 18.1 Å². The molecule has 3 rings (SSSR count). The third-order valence-corrected chi connectivity index (χ3v) is 8.65. The highest BCUT2D eigenvalue weighted by atomic mass is 16.6. The fourth-order valence-corrected chi connectivity index (χ4v) is 5.75. The molecule has 0 aromatic carbocycles. The number of aliphatic hydroxyl groups is 2. The van der Waals surface area contributed by atoms with Gasteiger partial charge in [-0.25, -0.2) is 0 Å². The number of fused-ring (bicyclic) bond motifs is 2. The first kappa shape index (κ1) is 29.4. The van der Waals surface area contributed by atoms with E-state index in [2.05, 4.69) is 13.5 Å². The molecular weight excluding hydrogens is 474 g/mol. The van der Waals surface area contributed by atoms with Crippen molar-refractivity contribution in [3.63, 3.8) is 0 Å². The van der Waals surface area contributed by atoms with Gasteiger partial charge in [-0.2, -0.15) is 0 Å². The number of hydrogen-bond acceptors (Lipinski definition) is 8. The van der Waals surface area contributed by atoms with Gasteiger partial charge in [0.15, 0.2) is 0 Å². The van der Waals surface area contributed by atoms with Crippen molar-refractivity contribution in [1.29, 1.82) is 0 Å². The molecule has 9 atom stereocenters. The minimum atomic E-state index is -1.26. The molecule has 3 fully saturated rings. The van der Waals surface area contributed by atoms with Crippen LogP contribution in [0.2, 0.25) is 0 Å². The average Bonchev–Trinajstić information content (AvgIpc) is 3.71. The Morgan fingerprint density at radius 3 is 2.43 bits per heavy atom. The maximum Gasteiger partial charge on any atom is 0.309 e. The number of esters is 1. The quantitative estimate of drug-likeness (QED) is 0.221. The molecule has 0 bridgehead atoms. The van der Waals surface area contributed by atoms with E-state index in [9.17, 15) is 19.8 Å². The molecule has 0 spiro atoms. The van der Waals surface area contributed by atoms with Gasteiger partial charge in [0.25, 0.3) is 0 Å². The zero-order valence-electron chi connectivity index (χ0n) is 23.3. The molecule has 4 N–H and O–H groups in total. The fourth-order valence-electron chi connectivity index (χ4n) is 5.75. The Bertz CT molecular complexity index is 969. The Morgan fingerprint density at radius 1 is 1.16 bits per heavy atom. The summed E-state index contributed by atoms with van der Waals surface area (Å²) >= 11 is 0. The van der Waals surface area contributed by atoms with E-state index < -0.39 is 35.6 Å². The summed E-state index contributed by atoms with van der Waals surface area (Å²) in [7, 11) is 0.